The van der Waals surface area contributed by atoms with E-state index in [0.29, 0.717) is 31.1 Å². The molecule has 124 valence electrons. The largest absolute Gasteiger partial charge is 0.379 e. The zero-order chi connectivity index (χ0) is 16.4. The van der Waals surface area contributed by atoms with E-state index < -0.39 is 5.54 Å². The summed E-state index contributed by atoms with van der Waals surface area (Å²) in [5.41, 5.74) is -0.340. The molecule has 3 heterocycles. The van der Waals surface area contributed by atoms with E-state index in [9.17, 15) is 9.18 Å². The van der Waals surface area contributed by atoms with E-state index in [1.165, 1.54) is 12.3 Å². The number of carbonyl (C=O) groups is 1. The van der Waals surface area contributed by atoms with Crippen LogP contribution >= 0.6 is 0 Å². The van der Waals surface area contributed by atoms with Gasteiger partial charge in [-0.25, -0.2) is 9.37 Å². The summed E-state index contributed by atoms with van der Waals surface area (Å²) in [6.45, 7) is 6.05. The van der Waals surface area contributed by atoms with E-state index in [2.05, 4.69) is 15.6 Å². The van der Waals surface area contributed by atoms with Gasteiger partial charge in [0, 0.05) is 19.3 Å². The van der Waals surface area contributed by atoms with Gasteiger partial charge in [-0.1, -0.05) is 0 Å². The Hall–Kier alpha value is -1.99. The lowest BCUT2D eigenvalue weighted by Gasteiger charge is -2.27. The van der Waals surface area contributed by atoms with Crippen molar-refractivity contribution in [3.63, 3.8) is 0 Å². The monoisotopic (exact) mass is 320 g/mol. The van der Waals surface area contributed by atoms with Crippen LogP contribution in [0.4, 0.5) is 4.39 Å². The number of fused-ring (bicyclic) bond motifs is 1. The maximum Gasteiger partial charge on any atom is 0.227 e. The minimum absolute atomic E-state index is 0.0995. The van der Waals surface area contributed by atoms with Crippen LogP contribution in [0.25, 0.3) is 5.52 Å². The molecule has 1 amide bonds. The first kappa shape index (κ1) is 15.9. The van der Waals surface area contributed by atoms with E-state index in [-0.39, 0.29) is 17.6 Å². The van der Waals surface area contributed by atoms with Crippen molar-refractivity contribution >= 4 is 11.4 Å². The Morgan fingerprint density at radius 1 is 1.57 bits per heavy atom. The van der Waals surface area contributed by atoms with Crippen molar-refractivity contribution in [2.45, 2.75) is 19.4 Å². The van der Waals surface area contributed by atoms with Gasteiger partial charge in [-0.15, -0.1) is 0 Å². The second-order valence-electron chi connectivity index (χ2n) is 6.28. The molecule has 0 radical (unpaired) electrons. The Balaban J connectivity index is 1.82. The van der Waals surface area contributed by atoms with E-state index in [4.69, 9.17) is 4.74 Å². The number of halogens is 1. The number of rotatable bonds is 3. The van der Waals surface area contributed by atoms with Gasteiger partial charge in [0.05, 0.1) is 30.9 Å². The van der Waals surface area contributed by atoms with Crippen molar-refractivity contribution in [3.05, 3.63) is 36.2 Å². The standard InChI is InChI=1S/C16H21FN4O2/c1-16(2,20-14(22)11-8-18-5-7-23-10-11)15-19-9-13-12(17)4-3-6-21(13)15/h3-4,6,9,11,18H,5,7-8,10H2,1-2H3,(H,20,22). The summed E-state index contributed by atoms with van der Waals surface area (Å²) >= 11 is 0. The molecular weight excluding hydrogens is 299 g/mol. The maximum absolute atomic E-state index is 13.8. The number of amides is 1. The number of ether oxygens (including phenoxy) is 1. The fourth-order valence-corrected chi connectivity index (χ4v) is 2.79. The highest BCUT2D eigenvalue weighted by atomic mass is 19.1. The van der Waals surface area contributed by atoms with Crippen molar-refractivity contribution in [1.82, 2.24) is 20.0 Å². The molecule has 0 spiro atoms. The van der Waals surface area contributed by atoms with E-state index in [1.54, 1.807) is 16.7 Å². The van der Waals surface area contributed by atoms with Gasteiger partial charge in [0.2, 0.25) is 5.91 Å². The molecule has 23 heavy (non-hydrogen) atoms. The molecule has 0 saturated carbocycles. The van der Waals surface area contributed by atoms with Crippen LogP contribution in [0.15, 0.2) is 24.5 Å². The Morgan fingerprint density at radius 3 is 3.22 bits per heavy atom. The molecule has 1 fully saturated rings. The van der Waals surface area contributed by atoms with Gasteiger partial charge in [0.15, 0.2) is 0 Å². The zero-order valence-electron chi connectivity index (χ0n) is 13.3. The summed E-state index contributed by atoms with van der Waals surface area (Å²) in [5, 5.41) is 6.18. The first-order valence-corrected chi connectivity index (χ1v) is 7.71. The summed E-state index contributed by atoms with van der Waals surface area (Å²) < 4.78 is 20.9. The Kier molecular flexibility index (Phi) is 4.32. The molecule has 2 aromatic rings. The highest BCUT2D eigenvalue weighted by Gasteiger charge is 2.31. The quantitative estimate of drug-likeness (QED) is 0.887. The van der Waals surface area contributed by atoms with Gasteiger partial charge in [-0.2, -0.15) is 0 Å². The van der Waals surface area contributed by atoms with Crippen molar-refractivity contribution in [3.8, 4) is 0 Å². The average molecular weight is 320 g/mol. The Bertz CT molecular complexity index is 705. The average Bonchev–Trinajstić information content (AvgIpc) is 2.77. The van der Waals surface area contributed by atoms with Crippen LogP contribution in [0.3, 0.4) is 0 Å². The lowest BCUT2D eigenvalue weighted by molar-refractivity contribution is -0.128. The van der Waals surface area contributed by atoms with E-state index in [1.807, 2.05) is 13.8 Å². The second-order valence-corrected chi connectivity index (χ2v) is 6.28. The van der Waals surface area contributed by atoms with E-state index >= 15 is 0 Å². The molecule has 1 saturated heterocycles. The number of hydrogen-bond acceptors (Lipinski definition) is 4. The van der Waals surface area contributed by atoms with Crippen LogP contribution in [-0.4, -0.2) is 41.6 Å². The highest BCUT2D eigenvalue weighted by molar-refractivity contribution is 5.80. The van der Waals surface area contributed by atoms with Crippen LogP contribution < -0.4 is 10.6 Å². The SMILES string of the molecule is CC(C)(NC(=O)C1CNCCOC1)c1ncc2c(F)cccn12. The maximum atomic E-state index is 13.8. The van der Waals surface area contributed by atoms with Gasteiger partial charge in [-0.3, -0.25) is 9.20 Å². The number of hydrogen-bond donors (Lipinski definition) is 2. The number of nitrogens with one attached hydrogen (secondary N) is 2. The van der Waals surface area contributed by atoms with Crippen molar-refractivity contribution in [1.29, 1.82) is 0 Å². The molecular formula is C16H21FN4O2. The van der Waals surface area contributed by atoms with Crippen molar-refractivity contribution in [2.24, 2.45) is 5.92 Å². The summed E-state index contributed by atoms with van der Waals surface area (Å²) in [5.74, 6) is -0.102. The van der Waals surface area contributed by atoms with Crippen LogP contribution in [0.5, 0.6) is 0 Å². The third-order valence-electron chi connectivity index (χ3n) is 4.02. The molecule has 1 unspecified atom stereocenters. The van der Waals surface area contributed by atoms with Gasteiger partial charge < -0.3 is 15.4 Å². The first-order chi connectivity index (χ1) is 11.0. The molecule has 0 aliphatic carbocycles. The minimum Gasteiger partial charge on any atom is -0.379 e. The molecule has 3 rings (SSSR count). The van der Waals surface area contributed by atoms with Crippen molar-refractivity contribution < 1.29 is 13.9 Å². The van der Waals surface area contributed by atoms with Gasteiger partial charge in [-0.05, 0) is 26.0 Å². The molecule has 1 aliphatic rings. The van der Waals surface area contributed by atoms with Gasteiger partial charge >= 0.3 is 0 Å². The fourth-order valence-electron chi connectivity index (χ4n) is 2.79. The number of aromatic nitrogens is 2. The number of pyridine rings is 1. The summed E-state index contributed by atoms with van der Waals surface area (Å²) in [4.78, 5) is 16.8. The zero-order valence-corrected chi connectivity index (χ0v) is 13.3. The van der Waals surface area contributed by atoms with Gasteiger partial charge in [0.25, 0.3) is 0 Å². The molecule has 0 aromatic carbocycles. The molecule has 6 nitrogen and oxygen atoms in total. The lowest BCUT2D eigenvalue weighted by Crippen LogP contribution is -2.47. The summed E-state index contributed by atoms with van der Waals surface area (Å²) in [6, 6.07) is 3.01. The molecule has 1 atom stereocenters. The molecule has 2 aromatic heterocycles. The third kappa shape index (κ3) is 3.20. The number of imidazole rings is 1. The van der Waals surface area contributed by atoms with Gasteiger partial charge in [0.1, 0.15) is 17.2 Å². The first-order valence-electron chi connectivity index (χ1n) is 7.71. The van der Waals surface area contributed by atoms with Crippen LogP contribution in [0.2, 0.25) is 0 Å². The molecule has 2 N–H and O–H groups in total. The summed E-state index contributed by atoms with van der Waals surface area (Å²) in [6.07, 6.45) is 3.22. The van der Waals surface area contributed by atoms with Crippen molar-refractivity contribution in [2.75, 3.05) is 26.3 Å². The molecule has 1 aliphatic heterocycles. The molecule has 7 heteroatoms. The van der Waals surface area contributed by atoms with Crippen LogP contribution in [0, 0.1) is 11.7 Å². The third-order valence-corrected chi connectivity index (χ3v) is 4.02. The minimum atomic E-state index is -0.733. The fraction of sp³-hybridized carbons (Fsp3) is 0.500. The van der Waals surface area contributed by atoms with Crippen LogP contribution in [-0.2, 0) is 15.1 Å². The van der Waals surface area contributed by atoms with Crippen LogP contribution in [0.1, 0.15) is 19.7 Å². The lowest BCUT2D eigenvalue weighted by atomic mass is 10.0. The second kappa shape index (κ2) is 6.25. The Morgan fingerprint density at radius 2 is 2.39 bits per heavy atom. The smallest absolute Gasteiger partial charge is 0.227 e. The number of carbonyl (C=O) groups excluding carboxylic acids is 1. The number of nitrogens with zero attached hydrogens (tertiary/aromatic N) is 2. The predicted molar refractivity (Wildman–Crippen MR) is 83.5 cm³/mol. The van der Waals surface area contributed by atoms with E-state index in [0.717, 1.165) is 6.54 Å². The predicted octanol–water partition coefficient (Wildman–Crippen LogP) is 1.06. The highest BCUT2D eigenvalue weighted by Crippen LogP contribution is 2.22. The summed E-state index contributed by atoms with van der Waals surface area (Å²) in [7, 11) is 0. The Labute approximate surface area is 134 Å². The molecule has 0 bridgehead atoms. The normalized spacial score (nSPS) is 19.5. The topological polar surface area (TPSA) is 67.7 Å².